The molecule has 3 nitrogen and oxygen atoms in total. The van der Waals surface area contributed by atoms with Crippen molar-refractivity contribution in [1.29, 1.82) is 0 Å². The number of benzene rings is 3. The van der Waals surface area contributed by atoms with Crippen LogP contribution in [0.15, 0.2) is 78.9 Å². The molecule has 1 amide bonds. The molecule has 0 atom stereocenters. The topological polar surface area (TPSA) is 42.0 Å². The van der Waals surface area contributed by atoms with Crippen LogP contribution >= 0.6 is 0 Å². The molecule has 3 heteroatoms. The van der Waals surface area contributed by atoms with Gasteiger partial charge in [-0.05, 0) is 35.6 Å². The van der Waals surface area contributed by atoms with Gasteiger partial charge in [-0.25, -0.2) is 4.98 Å². The number of carbonyl (C=O) groups is 1. The lowest BCUT2D eigenvalue weighted by molar-refractivity contribution is 0.0951. The fourth-order valence-electron chi connectivity index (χ4n) is 4.07. The predicted molar refractivity (Wildman–Crippen MR) is 112 cm³/mol. The molecule has 5 rings (SSSR count). The lowest BCUT2D eigenvalue weighted by Gasteiger charge is -2.23. The highest BCUT2D eigenvalue weighted by Crippen LogP contribution is 2.36. The van der Waals surface area contributed by atoms with Crippen LogP contribution in [0.25, 0.3) is 22.2 Å². The van der Waals surface area contributed by atoms with Crippen LogP contribution in [0.2, 0.25) is 0 Å². The molecule has 1 aliphatic carbocycles. The predicted octanol–water partition coefficient (Wildman–Crippen LogP) is 4.93. The highest BCUT2D eigenvalue weighted by Gasteiger charge is 2.25. The second kappa shape index (κ2) is 6.93. The average molecular weight is 364 g/mol. The fourth-order valence-corrected chi connectivity index (χ4v) is 4.07. The van der Waals surface area contributed by atoms with E-state index in [9.17, 15) is 4.79 Å². The van der Waals surface area contributed by atoms with Gasteiger partial charge in [0, 0.05) is 17.5 Å². The molecular formula is C25H20N2O. The number of fused-ring (bicyclic) bond motifs is 4. The second-order valence-corrected chi connectivity index (χ2v) is 7.16. The maximum atomic E-state index is 13.3. The normalized spacial score (nSPS) is 12.3. The highest BCUT2D eigenvalue weighted by atomic mass is 16.1. The van der Waals surface area contributed by atoms with E-state index in [2.05, 4.69) is 23.5 Å². The Labute approximate surface area is 164 Å². The zero-order valence-corrected chi connectivity index (χ0v) is 15.5. The summed E-state index contributed by atoms with van der Waals surface area (Å²) >= 11 is 0. The van der Waals surface area contributed by atoms with E-state index in [-0.39, 0.29) is 5.91 Å². The number of para-hydroxylation sites is 1. The van der Waals surface area contributed by atoms with Crippen LogP contribution in [-0.4, -0.2) is 10.9 Å². The monoisotopic (exact) mass is 364 g/mol. The van der Waals surface area contributed by atoms with E-state index in [0.717, 1.165) is 51.7 Å². The minimum atomic E-state index is -0.0296. The van der Waals surface area contributed by atoms with Gasteiger partial charge in [-0.3, -0.25) is 4.79 Å². The van der Waals surface area contributed by atoms with Crippen molar-refractivity contribution in [2.75, 3.05) is 0 Å². The van der Waals surface area contributed by atoms with E-state index in [1.165, 1.54) is 5.56 Å². The van der Waals surface area contributed by atoms with E-state index in [4.69, 9.17) is 4.98 Å². The summed E-state index contributed by atoms with van der Waals surface area (Å²) in [5.41, 5.74) is 7.18. The summed E-state index contributed by atoms with van der Waals surface area (Å²) in [6.07, 6.45) is 1.76. The number of rotatable bonds is 3. The van der Waals surface area contributed by atoms with Crippen LogP contribution in [0.1, 0.15) is 27.0 Å². The summed E-state index contributed by atoms with van der Waals surface area (Å²) in [5.74, 6) is -0.0296. The van der Waals surface area contributed by atoms with Crippen molar-refractivity contribution in [3.05, 3.63) is 101 Å². The van der Waals surface area contributed by atoms with Crippen molar-refractivity contribution in [3.63, 3.8) is 0 Å². The fraction of sp³-hybridized carbons (Fsp3) is 0.120. The van der Waals surface area contributed by atoms with Gasteiger partial charge in [0.25, 0.3) is 5.91 Å². The minimum Gasteiger partial charge on any atom is -0.348 e. The maximum Gasteiger partial charge on any atom is 0.252 e. The second-order valence-electron chi connectivity index (χ2n) is 7.16. The lowest BCUT2D eigenvalue weighted by Crippen LogP contribution is -2.25. The third-order valence-electron chi connectivity index (χ3n) is 5.43. The molecule has 28 heavy (non-hydrogen) atoms. The SMILES string of the molecule is O=C(NCc1ccccc1)c1c2c(nc3ccccc13)-c1ccccc1CC2. The molecular weight excluding hydrogens is 344 g/mol. The number of nitrogens with zero attached hydrogens (tertiary/aromatic N) is 1. The summed E-state index contributed by atoms with van der Waals surface area (Å²) in [6, 6.07) is 26.3. The van der Waals surface area contributed by atoms with Gasteiger partial charge in [-0.1, -0.05) is 72.8 Å². The summed E-state index contributed by atoms with van der Waals surface area (Å²) in [7, 11) is 0. The summed E-state index contributed by atoms with van der Waals surface area (Å²) < 4.78 is 0. The van der Waals surface area contributed by atoms with Crippen molar-refractivity contribution >= 4 is 16.8 Å². The van der Waals surface area contributed by atoms with Crippen LogP contribution in [-0.2, 0) is 19.4 Å². The molecule has 1 N–H and O–H groups in total. The van der Waals surface area contributed by atoms with Gasteiger partial charge in [-0.2, -0.15) is 0 Å². The number of nitrogens with one attached hydrogen (secondary N) is 1. The lowest BCUT2D eigenvalue weighted by atomic mass is 9.85. The first-order valence-electron chi connectivity index (χ1n) is 9.63. The van der Waals surface area contributed by atoms with Crippen molar-refractivity contribution in [3.8, 4) is 11.3 Å². The molecule has 0 aliphatic heterocycles. The van der Waals surface area contributed by atoms with Crippen molar-refractivity contribution in [2.45, 2.75) is 19.4 Å². The summed E-state index contributed by atoms with van der Waals surface area (Å²) in [6.45, 7) is 0.516. The molecule has 1 aliphatic rings. The molecule has 0 fully saturated rings. The smallest absolute Gasteiger partial charge is 0.252 e. The van der Waals surface area contributed by atoms with Gasteiger partial charge in [0.05, 0.1) is 16.8 Å². The Hall–Kier alpha value is -3.46. The number of aryl methyl sites for hydroxylation is 1. The largest absolute Gasteiger partial charge is 0.348 e. The number of amides is 1. The zero-order valence-electron chi connectivity index (χ0n) is 15.5. The van der Waals surface area contributed by atoms with E-state index < -0.39 is 0 Å². The molecule has 0 unspecified atom stereocenters. The Bertz CT molecular complexity index is 1180. The van der Waals surface area contributed by atoms with Crippen LogP contribution in [0.5, 0.6) is 0 Å². The molecule has 1 heterocycles. The Kier molecular flexibility index (Phi) is 4.13. The zero-order chi connectivity index (χ0) is 18.9. The number of carbonyl (C=O) groups excluding carboxylic acids is 1. The van der Waals surface area contributed by atoms with Gasteiger partial charge in [0.15, 0.2) is 0 Å². The molecule has 1 aromatic heterocycles. The van der Waals surface area contributed by atoms with E-state index >= 15 is 0 Å². The van der Waals surface area contributed by atoms with Crippen LogP contribution in [0, 0.1) is 0 Å². The van der Waals surface area contributed by atoms with Crippen LogP contribution < -0.4 is 5.32 Å². The molecule has 4 aromatic rings. The van der Waals surface area contributed by atoms with Gasteiger partial charge < -0.3 is 5.32 Å². The number of aromatic nitrogens is 1. The summed E-state index contributed by atoms with van der Waals surface area (Å²) in [4.78, 5) is 18.2. The van der Waals surface area contributed by atoms with E-state index in [1.807, 2.05) is 60.7 Å². The third-order valence-corrected chi connectivity index (χ3v) is 5.43. The molecule has 0 saturated heterocycles. The Morgan fingerprint density at radius 2 is 1.61 bits per heavy atom. The van der Waals surface area contributed by atoms with Gasteiger partial charge in [0.1, 0.15) is 0 Å². The molecule has 0 radical (unpaired) electrons. The molecule has 3 aromatic carbocycles. The number of pyridine rings is 1. The van der Waals surface area contributed by atoms with Crippen molar-refractivity contribution in [1.82, 2.24) is 10.3 Å². The number of hydrogen-bond donors (Lipinski definition) is 1. The van der Waals surface area contributed by atoms with E-state index in [0.29, 0.717) is 6.54 Å². The Balaban J connectivity index is 1.63. The number of hydrogen-bond acceptors (Lipinski definition) is 2. The standard InChI is InChI=1S/C25H20N2O/c28-25(26-16-17-8-2-1-3-9-17)23-20-12-6-7-13-22(20)27-24-19-11-5-4-10-18(19)14-15-21(23)24/h1-13H,14-16H2,(H,26,28). The highest BCUT2D eigenvalue weighted by molar-refractivity contribution is 6.09. The van der Waals surface area contributed by atoms with Crippen LogP contribution in [0.3, 0.4) is 0 Å². The minimum absolute atomic E-state index is 0.0296. The first-order valence-corrected chi connectivity index (χ1v) is 9.63. The average Bonchev–Trinajstić information content (AvgIpc) is 2.76. The molecule has 0 spiro atoms. The van der Waals surface area contributed by atoms with Crippen molar-refractivity contribution in [2.24, 2.45) is 0 Å². The molecule has 136 valence electrons. The summed E-state index contributed by atoms with van der Waals surface area (Å²) in [5, 5.41) is 4.04. The Morgan fingerprint density at radius 1 is 0.857 bits per heavy atom. The maximum absolute atomic E-state index is 13.3. The van der Waals surface area contributed by atoms with E-state index in [1.54, 1.807) is 0 Å². The molecule has 0 bridgehead atoms. The first-order chi connectivity index (χ1) is 13.8. The third kappa shape index (κ3) is 2.85. The van der Waals surface area contributed by atoms with Gasteiger partial charge >= 0.3 is 0 Å². The van der Waals surface area contributed by atoms with Gasteiger partial charge in [0.2, 0.25) is 0 Å². The van der Waals surface area contributed by atoms with Crippen molar-refractivity contribution < 1.29 is 4.79 Å². The first kappa shape index (κ1) is 16.7. The van der Waals surface area contributed by atoms with Gasteiger partial charge in [-0.15, -0.1) is 0 Å². The Morgan fingerprint density at radius 3 is 2.50 bits per heavy atom. The van der Waals surface area contributed by atoms with Crippen LogP contribution in [0.4, 0.5) is 0 Å². The molecule has 0 saturated carbocycles. The quantitative estimate of drug-likeness (QED) is 0.560.